The normalized spacial score (nSPS) is 12.3. The molecule has 0 radical (unpaired) electrons. The van der Waals surface area contributed by atoms with Gasteiger partial charge in [-0.25, -0.2) is 4.52 Å². The molecule has 0 aliphatic heterocycles. The van der Waals surface area contributed by atoms with Gasteiger partial charge in [0.2, 0.25) is 5.91 Å². The summed E-state index contributed by atoms with van der Waals surface area (Å²) in [4.78, 5) is 29.0. The molecule has 0 spiro atoms. The molecule has 29 heavy (non-hydrogen) atoms. The molecule has 2 heterocycles. The van der Waals surface area contributed by atoms with E-state index >= 15 is 0 Å². The number of fused-ring (bicyclic) bond motifs is 3. The number of aryl methyl sites for hydroxylation is 2. The number of amides is 1. The third-order valence-electron chi connectivity index (χ3n) is 5.22. The smallest absolute Gasteiger partial charge is 0.273 e. The summed E-state index contributed by atoms with van der Waals surface area (Å²) >= 11 is 0. The lowest BCUT2D eigenvalue weighted by atomic mass is 10.1. The van der Waals surface area contributed by atoms with Crippen molar-refractivity contribution < 1.29 is 4.79 Å². The summed E-state index contributed by atoms with van der Waals surface area (Å²) in [5, 5.41) is 3.90. The van der Waals surface area contributed by atoms with Crippen LogP contribution in [0, 0.1) is 6.92 Å². The molecule has 6 nitrogen and oxygen atoms in total. The molecule has 2 aromatic heterocycles. The average molecular weight is 388 g/mol. The molecule has 4 rings (SSSR count). The van der Waals surface area contributed by atoms with E-state index in [1.165, 1.54) is 11.6 Å². The second kappa shape index (κ2) is 7.91. The Morgan fingerprint density at radius 3 is 2.62 bits per heavy atom. The molecule has 0 bridgehead atoms. The van der Waals surface area contributed by atoms with Crippen LogP contribution in [0.3, 0.4) is 0 Å². The van der Waals surface area contributed by atoms with Gasteiger partial charge in [-0.1, -0.05) is 42.5 Å². The number of benzene rings is 2. The highest BCUT2D eigenvalue weighted by Gasteiger charge is 2.22. The third kappa shape index (κ3) is 3.66. The van der Waals surface area contributed by atoms with Crippen molar-refractivity contribution in [3.8, 4) is 0 Å². The van der Waals surface area contributed by atoms with Crippen molar-refractivity contribution in [1.82, 2.24) is 19.5 Å². The van der Waals surface area contributed by atoms with E-state index < -0.39 is 6.04 Å². The molecular weight excluding hydrogens is 364 g/mol. The number of carbonyl (C=O) groups is 1. The second-order valence-electron chi connectivity index (χ2n) is 7.29. The minimum atomic E-state index is -0.447. The molecule has 6 heteroatoms. The number of para-hydroxylation sites is 1. The highest BCUT2D eigenvalue weighted by Crippen LogP contribution is 2.24. The number of carbonyl (C=O) groups excluding carboxylic acids is 1. The quantitative estimate of drug-likeness (QED) is 0.516. The first-order valence-corrected chi connectivity index (χ1v) is 9.87. The van der Waals surface area contributed by atoms with Crippen LogP contribution in [0.15, 0.2) is 65.5 Å². The van der Waals surface area contributed by atoms with Crippen LogP contribution in [0.5, 0.6) is 0 Å². The predicted octanol–water partition coefficient (Wildman–Crippen LogP) is 3.27. The number of nitrogens with one attached hydrogen (secondary N) is 1. The van der Waals surface area contributed by atoms with Gasteiger partial charge < -0.3 is 5.32 Å². The zero-order valence-corrected chi connectivity index (χ0v) is 16.6. The first kappa shape index (κ1) is 18.9. The van der Waals surface area contributed by atoms with Crippen molar-refractivity contribution in [3.63, 3.8) is 0 Å². The minimum Gasteiger partial charge on any atom is -0.354 e. The fourth-order valence-corrected chi connectivity index (χ4v) is 3.80. The van der Waals surface area contributed by atoms with Crippen LogP contribution in [0.2, 0.25) is 0 Å². The minimum absolute atomic E-state index is 0.0567. The van der Waals surface area contributed by atoms with Crippen molar-refractivity contribution in [2.75, 3.05) is 6.54 Å². The Kier molecular flexibility index (Phi) is 5.16. The Morgan fingerprint density at radius 2 is 1.83 bits per heavy atom. The summed E-state index contributed by atoms with van der Waals surface area (Å²) in [6, 6.07) is 19.0. The monoisotopic (exact) mass is 388 g/mol. The molecule has 4 aromatic rings. The Bertz CT molecular complexity index is 1220. The highest BCUT2D eigenvalue weighted by molar-refractivity contribution is 5.94. The lowest BCUT2D eigenvalue weighted by Crippen LogP contribution is -2.33. The lowest BCUT2D eigenvalue weighted by Gasteiger charge is -2.18. The van der Waals surface area contributed by atoms with E-state index in [1.54, 1.807) is 0 Å². The molecule has 0 aliphatic rings. The van der Waals surface area contributed by atoms with Crippen molar-refractivity contribution in [2.24, 2.45) is 0 Å². The van der Waals surface area contributed by atoms with Gasteiger partial charge in [0.1, 0.15) is 6.04 Å². The Balaban J connectivity index is 1.58. The summed E-state index contributed by atoms with van der Waals surface area (Å²) in [5.74, 6) is -0.0567. The fourth-order valence-electron chi connectivity index (χ4n) is 3.80. The number of rotatable bonds is 6. The fraction of sp³-hybridized carbons (Fsp3) is 0.261. The topological polar surface area (TPSA) is 68.4 Å². The Morgan fingerprint density at radius 1 is 1.10 bits per heavy atom. The number of nitrogens with zero attached hydrogens (tertiary/aromatic N) is 3. The van der Waals surface area contributed by atoms with E-state index in [0.29, 0.717) is 12.2 Å². The molecule has 148 valence electrons. The Hall–Kier alpha value is -3.41. The van der Waals surface area contributed by atoms with Gasteiger partial charge in [-0.3, -0.25) is 14.3 Å². The van der Waals surface area contributed by atoms with Crippen molar-refractivity contribution in [2.45, 2.75) is 32.7 Å². The molecule has 1 N–H and O–H groups in total. The van der Waals surface area contributed by atoms with Gasteiger partial charge in [0.15, 0.2) is 5.65 Å². The van der Waals surface area contributed by atoms with Crippen molar-refractivity contribution in [3.05, 3.63) is 82.3 Å². The molecule has 1 amide bonds. The number of aromatic nitrogens is 3. The molecular formula is C23H24N4O2. The van der Waals surface area contributed by atoms with Crippen molar-refractivity contribution in [1.29, 1.82) is 0 Å². The van der Waals surface area contributed by atoms with E-state index in [-0.39, 0.29) is 11.5 Å². The SMILES string of the molecule is Cc1cc(=O)nc2c3ccccc3n(C(C)C(=O)NCCCc3ccccc3)n12. The van der Waals surface area contributed by atoms with E-state index in [4.69, 9.17) is 0 Å². The second-order valence-corrected chi connectivity index (χ2v) is 7.29. The van der Waals surface area contributed by atoms with Gasteiger partial charge in [-0.15, -0.1) is 0 Å². The van der Waals surface area contributed by atoms with Gasteiger partial charge >= 0.3 is 0 Å². The highest BCUT2D eigenvalue weighted by atomic mass is 16.2. The Labute approximate surface area is 168 Å². The van der Waals surface area contributed by atoms with Crippen LogP contribution in [0.25, 0.3) is 16.6 Å². The first-order valence-electron chi connectivity index (χ1n) is 9.87. The van der Waals surface area contributed by atoms with Crippen LogP contribution >= 0.6 is 0 Å². The maximum atomic E-state index is 12.9. The van der Waals surface area contributed by atoms with Gasteiger partial charge in [-0.2, -0.15) is 4.98 Å². The summed E-state index contributed by atoms with van der Waals surface area (Å²) < 4.78 is 3.78. The van der Waals surface area contributed by atoms with Gasteiger partial charge in [0, 0.05) is 23.7 Å². The zero-order chi connectivity index (χ0) is 20.4. The number of hydrogen-bond donors (Lipinski definition) is 1. The van der Waals surface area contributed by atoms with Crippen LogP contribution in [0.1, 0.15) is 30.6 Å². The van der Waals surface area contributed by atoms with E-state index in [9.17, 15) is 9.59 Å². The standard InChI is InChI=1S/C23H24N4O2/c1-16-15-21(28)25-22-19-12-6-7-13-20(19)27(26(16)22)17(2)23(29)24-14-8-11-18-9-4-3-5-10-18/h3-7,9-10,12-13,15,17H,8,11,14H2,1-2H3,(H,24,29). The van der Waals surface area contributed by atoms with Gasteiger partial charge in [0.25, 0.3) is 5.56 Å². The van der Waals surface area contributed by atoms with E-state index in [1.807, 2.05) is 65.5 Å². The maximum absolute atomic E-state index is 12.9. The summed E-state index contributed by atoms with van der Waals surface area (Å²) in [7, 11) is 0. The molecule has 1 atom stereocenters. The van der Waals surface area contributed by atoms with E-state index in [0.717, 1.165) is 29.4 Å². The molecule has 2 aromatic carbocycles. The third-order valence-corrected chi connectivity index (χ3v) is 5.22. The van der Waals surface area contributed by atoms with Crippen molar-refractivity contribution >= 4 is 22.5 Å². The average Bonchev–Trinajstić information content (AvgIpc) is 3.06. The van der Waals surface area contributed by atoms with Gasteiger partial charge in [-0.05, 0) is 44.4 Å². The van der Waals surface area contributed by atoms with Crippen LogP contribution in [0.4, 0.5) is 0 Å². The molecule has 0 fully saturated rings. The maximum Gasteiger partial charge on any atom is 0.273 e. The molecule has 0 saturated heterocycles. The van der Waals surface area contributed by atoms with Gasteiger partial charge in [0.05, 0.1) is 5.52 Å². The largest absolute Gasteiger partial charge is 0.354 e. The first-order chi connectivity index (χ1) is 14.1. The molecule has 0 aliphatic carbocycles. The lowest BCUT2D eigenvalue weighted by molar-refractivity contribution is -0.124. The summed E-state index contributed by atoms with van der Waals surface area (Å²) in [5.41, 5.74) is 3.20. The van der Waals surface area contributed by atoms with E-state index in [2.05, 4.69) is 22.4 Å². The zero-order valence-electron chi connectivity index (χ0n) is 16.6. The molecule has 0 saturated carbocycles. The predicted molar refractivity (Wildman–Crippen MR) is 114 cm³/mol. The van der Waals surface area contributed by atoms with Crippen LogP contribution < -0.4 is 10.9 Å². The van der Waals surface area contributed by atoms with Crippen LogP contribution in [-0.4, -0.2) is 26.6 Å². The number of hydrogen-bond acceptors (Lipinski definition) is 3. The summed E-state index contributed by atoms with van der Waals surface area (Å²) in [6.07, 6.45) is 1.80. The van der Waals surface area contributed by atoms with Crippen LogP contribution in [-0.2, 0) is 11.2 Å². The molecule has 1 unspecified atom stereocenters. The summed E-state index contributed by atoms with van der Waals surface area (Å²) in [6.45, 7) is 4.34.